The summed E-state index contributed by atoms with van der Waals surface area (Å²) in [6.07, 6.45) is 9.94. The Balaban J connectivity index is 1.23. The van der Waals surface area contributed by atoms with Gasteiger partial charge in [0, 0.05) is 30.9 Å². The molecule has 1 saturated carbocycles. The maximum atomic E-state index is 12.2. The van der Waals surface area contributed by atoms with Gasteiger partial charge in [-0.3, -0.25) is 9.69 Å². The van der Waals surface area contributed by atoms with Crippen LogP contribution in [-0.2, 0) is 11.3 Å². The summed E-state index contributed by atoms with van der Waals surface area (Å²) in [4.78, 5) is 19.7. The van der Waals surface area contributed by atoms with Gasteiger partial charge in [-0.05, 0) is 57.5 Å². The zero-order valence-corrected chi connectivity index (χ0v) is 16.5. The third-order valence-electron chi connectivity index (χ3n) is 6.20. The van der Waals surface area contributed by atoms with Gasteiger partial charge in [0.25, 0.3) is 0 Å². The molecule has 2 atom stereocenters. The van der Waals surface area contributed by atoms with Crippen LogP contribution in [0.2, 0.25) is 0 Å². The highest BCUT2D eigenvalue weighted by molar-refractivity contribution is 7.09. The zero-order valence-electron chi connectivity index (χ0n) is 15.7. The number of rotatable bonds is 6. The van der Waals surface area contributed by atoms with Gasteiger partial charge in [0.2, 0.25) is 5.91 Å². The fourth-order valence-electron chi connectivity index (χ4n) is 4.72. The molecular formula is C20H32N4OS. The van der Waals surface area contributed by atoms with Gasteiger partial charge in [0.15, 0.2) is 0 Å². The van der Waals surface area contributed by atoms with Crippen molar-refractivity contribution in [1.29, 1.82) is 0 Å². The molecular weight excluding hydrogens is 344 g/mol. The monoisotopic (exact) mass is 376 g/mol. The molecule has 0 bridgehead atoms. The molecule has 3 fully saturated rings. The summed E-state index contributed by atoms with van der Waals surface area (Å²) in [5.41, 5.74) is 1.25. The van der Waals surface area contributed by atoms with Gasteiger partial charge in [-0.15, -0.1) is 11.3 Å². The maximum absolute atomic E-state index is 12.2. The molecule has 2 unspecified atom stereocenters. The quantitative estimate of drug-likeness (QED) is 0.802. The largest absolute Gasteiger partial charge is 0.354 e. The number of nitrogens with one attached hydrogen (secondary N) is 2. The van der Waals surface area contributed by atoms with Crippen LogP contribution in [0, 0.1) is 5.92 Å². The Labute approximate surface area is 160 Å². The molecule has 2 aliphatic heterocycles. The average molecular weight is 377 g/mol. The first-order chi connectivity index (χ1) is 12.8. The van der Waals surface area contributed by atoms with Crippen molar-refractivity contribution in [1.82, 2.24) is 20.5 Å². The van der Waals surface area contributed by atoms with Crippen molar-refractivity contribution in [2.24, 2.45) is 5.92 Å². The average Bonchev–Trinajstić information content (AvgIpc) is 3.41. The van der Waals surface area contributed by atoms with E-state index in [0.717, 1.165) is 51.5 Å². The Bertz CT molecular complexity index is 592. The first-order valence-corrected chi connectivity index (χ1v) is 11.3. The number of likely N-dealkylation sites (tertiary alicyclic amines) is 1. The molecule has 1 amide bonds. The second-order valence-corrected chi connectivity index (χ2v) is 9.19. The number of hydrogen-bond donors (Lipinski definition) is 2. The van der Waals surface area contributed by atoms with Crippen LogP contribution in [0.25, 0.3) is 0 Å². The number of aromatic nitrogens is 1. The predicted octanol–water partition coefficient (Wildman–Crippen LogP) is 2.88. The van der Waals surface area contributed by atoms with Crippen molar-refractivity contribution in [3.63, 3.8) is 0 Å². The Hall–Kier alpha value is -0.980. The normalized spacial score (nSPS) is 27.8. The number of amides is 1. The van der Waals surface area contributed by atoms with E-state index in [1.165, 1.54) is 49.2 Å². The highest BCUT2D eigenvalue weighted by Gasteiger charge is 2.25. The minimum absolute atomic E-state index is 0.0405. The molecule has 26 heavy (non-hydrogen) atoms. The predicted molar refractivity (Wildman–Crippen MR) is 105 cm³/mol. The summed E-state index contributed by atoms with van der Waals surface area (Å²) >= 11 is 1.86. The molecule has 3 aliphatic rings. The lowest BCUT2D eigenvalue weighted by molar-refractivity contribution is -0.123. The SMILES string of the molecule is O=C(NCC1CCCN(Cc2csc(C3CCCC3)n2)C1)C1CCCN1. The van der Waals surface area contributed by atoms with E-state index >= 15 is 0 Å². The minimum atomic E-state index is 0.0405. The molecule has 3 heterocycles. The van der Waals surface area contributed by atoms with Gasteiger partial charge < -0.3 is 10.6 Å². The van der Waals surface area contributed by atoms with Gasteiger partial charge >= 0.3 is 0 Å². The van der Waals surface area contributed by atoms with Crippen LogP contribution in [0.4, 0.5) is 0 Å². The molecule has 1 aliphatic carbocycles. The van der Waals surface area contributed by atoms with Crippen molar-refractivity contribution >= 4 is 17.2 Å². The Kier molecular flexibility index (Phi) is 6.23. The summed E-state index contributed by atoms with van der Waals surface area (Å²) in [5, 5.41) is 10.1. The fourth-order valence-corrected chi connectivity index (χ4v) is 5.70. The smallest absolute Gasteiger partial charge is 0.237 e. The lowest BCUT2D eigenvalue weighted by atomic mass is 9.97. The molecule has 6 heteroatoms. The van der Waals surface area contributed by atoms with Gasteiger partial charge in [0.1, 0.15) is 0 Å². The van der Waals surface area contributed by atoms with Crippen LogP contribution in [0.3, 0.4) is 0 Å². The molecule has 1 aromatic rings. The van der Waals surface area contributed by atoms with Crippen LogP contribution in [0.1, 0.15) is 68.0 Å². The van der Waals surface area contributed by atoms with Crippen molar-refractivity contribution in [2.75, 3.05) is 26.2 Å². The second-order valence-electron chi connectivity index (χ2n) is 8.30. The number of thiazole rings is 1. The number of carbonyl (C=O) groups excluding carboxylic acids is 1. The summed E-state index contributed by atoms with van der Waals surface area (Å²) in [7, 11) is 0. The maximum Gasteiger partial charge on any atom is 0.237 e. The molecule has 2 saturated heterocycles. The Morgan fingerprint density at radius 3 is 2.92 bits per heavy atom. The van der Waals surface area contributed by atoms with E-state index in [4.69, 9.17) is 4.98 Å². The molecule has 0 radical (unpaired) electrons. The highest BCUT2D eigenvalue weighted by Crippen LogP contribution is 2.35. The second kappa shape index (κ2) is 8.81. The van der Waals surface area contributed by atoms with E-state index in [9.17, 15) is 4.79 Å². The lowest BCUT2D eigenvalue weighted by Crippen LogP contribution is -2.45. The van der Waals surface area contributed by atoms with Gasteiger partial charge in [-0.2, -0.15) is 0 Å². The third-order valence-corrected chi connectivity index (χ3v) is 7.26. The van der Waals surface area contributed by atoms with Crippen LogP contribution in [0.5, 0.6) is 0 Å². The van der Waals surface area contributed by atoms with Gasteiger partial charge in [-0.1, -0.05) is 12.8 Å². The van der Waals surface area contributed by atoms with E-state index in [2.05, 4.69) is 20.9 Å². The molecule has 5 nitrogen and oxygen atoms in total. The summed E-state index contributed by atoms with van der Waals surface area (Å²) in [6, 6.07) is 0.0405. The van der Waals surface area contributed by atoms with E-state index in [1.54, 1.807) is 0 Å². The molecule has 4 rings (SSSR count). The number of hydrogen-bond acceptors (Lipinski definition) is 5. The highest BCUT2D eigenvalue weighted by atomic mass is 32.1. The van der Waals surface area contributed by atoms with Crippen LogP contribution in [-0.4, -0.2) is 48.0 Å². The third kappa shape index (κ3) is 4.65. The van der Waals surface area contributed by atoms with E-state index in [-0.39, 0.29) is 11.9 Å². The summed E-state index contributed by atoms with van der Waals surface area (Å²) in [5.74, 6) is 1.49. The molecule has 0 aromatic carbocycles. The molecule has 2 N–H and O–H groups in total. The van der Waals surface area contributed by atoms with Gasteiger partial charge in [0.05, 0.1) is 16.7 Å². The van der Waals surface area contributed by atoms with Crippen molar-refractivity contribution in [2.45, 2.75) is 69.9 Å². The molecule has 0 spiro atoms. The van der Waals surface area contributed by atoms with E-state index < -0.39 is 0 Å². The van der Waals surface area contributed by atoms with Crippen LogP contribution in [0.15, 0.2) is 5.38 Å². The molecule has 144 valence electrons. The topological polar surface area (TPSA) is 57.3 Å². The first kappa shape index (κ1) is 18.4. The number of carbonyl (C=O) groups is 1. The molecule has 1 aromatic heterocycles. The van der Waals surface area contributed by atoms with Crippen LogP contribution >= 0.6 is 11.3 Å². The number of nitrogens with zero attached hydrogens (tertiary/aromatic N) is 2. The van der Waals surface area contributed by atoms with Crippen molar-refractivity contribution in [3.8, 4) is 0 Å². The fraction of sp³-hybridized carbons (Fsp3) is 0.800. The zero-order chi connectivity index (χ0) is 17.8. The first-order valence-electron chi connectivity index (χ1n) is 10.5. The van der Waals surface area contributed by atoms with Crippen molar-refractivity contribution in [3.05, 3.63) is 16.1 Å². The Morgan fingerprint density at radius 2 is 2.12 bits per heavy atom. The van der Waals surface area contributed by atoms with E-state index in [0.29, 0.717) is 5.92 Å². The number of piperidine rings is 1. The minimum Gasteiger partial charge on any atom is -0.354 e. The summed E-state index contributed by atoms with van der Waals surface area (Å²) in [6.45, 7) is 5.00. The Morgan fingerprint density at radius 1 is 1.23 bits per heavy atom. The van der Waals surface area contributed by atoms with Crippen LogP contribution < -0.4 is 10.6 Å². The summed E-state index contributed by atoms with van der Waals surface area (Å²) < 4.78 is 0. The van der Waals surface area contributed by atoms with Gasteiger partial charge in [-0.25, -0.2) is 4.98 Å². The van der Waals surface area contributed by atoms with Crippen molar-refractivity contribution < 1.29 is 4.79 Å². The standard InChI is InChI=1S/C20H32N4OS/c25-19(18-8-3-9-21-18)22-11-15-5-4-10-24(12-15)13-17-14-26-20(23-17)16-6-1-2-7-16/h14-16,18,21H,1-13H2,(H,22,25). The van der Waals surface area contributed by atoms with E-state index in [1.807, 2.05) is 11.3 Å². The lowest BCUT2D eigenvalue weighted by Gasteiger charge is -2.32.